The van der Waals surface area contributed by atoms with Crippen molar-refractivity contribution in [2.45, 2.75) is 0 Å². The van der Waals surface area contributed by atoms with E-state index in [-0.39, 0.29) is 6.54 Å². The molecule has 88 valence electrons. The molecule has 0 saturated carbocycles. The molecule has 0 aliphatic carbocycles. The fraction of sp³-hybridized carbons (Fsp3) is 0.0909. The number of hydrogen-bond donors (Lipinski definition) is 3. The molecule has 0 unspecified atom stereocenters. The van der Waals surface area contributed by atoms with Gasteiger partial charge in [-0.15, -0.1) is 0 Å². The lowest BCUT2D eigenvalue weighted by molar-refractivity contribution is -0.114. The fourth-order valence-corrected chi connectivity index (χ4v) is 1.74. The summed E-state index contributed by atoms with van der Waals surface area (Å²) in [5.41, 5.74) is 9.28. The van der Waals surface area contributed by atoms with Crippen LogP contribution < -0.4 is 21.9 Å². The standard InChI is InChI=1S/C11H12N4O2/c12-7(5-14-13)6-15-9-4-2-1-3-8(9)10(16)11(15)17/h1-5,14H,6,12-13H2/b7-5-. The Morgan fingerprint density at radius 1 is 1.35 bits per heavy atom. The highest BCUT2D eigenvalue weighted by atomic mass is 16.2. The molecule has 0 fully saturated rings. The maximum Gasteiger partial charge on any atom is 0.299 e. The van der Waals surface area contributed by atoms with Crippen LogP contribution in [0.3, 0.4) is 0 Å². The van der Waals surface area contributed by atoms with Gasteiger partial charge in [0.15, 0.2) is 0 Å². The Morgan fingerprint density at radius 3 is 2.76 bits per heavy atom. The summed E-state index contributed by atoms with van der Waals surface area (Å²) in [7, 11) is 0. The highest BCUT2D eigenvalue weighted by Crippen LogP contribution is 2.28. The topological polar surface area (TPSA) is 101 Å². The van der Waals surface area contributed by atoms with E-state index in [0.717, 1.165) is 0 Å². The minimum absolute atomic E-state index is 0.131. The number of carbonyl (C=O) groups is 2. The van der Waals surface area contributed by atoms with E-state index < -0.39 is 11.7 Å². The van der Waals surface area contributed by atoms with Crippen LogP contribution in [0, 0.1) is 0 Å². The molecule has 0 aromatic heterocycles. The number of fused-ring (bicyclic) bond motifs is 1. The number of carbonyl (C=O) groups excluding carboxylic acids is 2. The highest BCUT2D eigenvalue weighted by Gasteiger charge is 2.35. The van der Waals surface area contributed by atoms with Crippen LogP contribution in [0.15, 0.2) is 36.2 Å². The van der Waals surface area contributed by atoms with Gasteiger partial charge in [-0.1, -0.05) is 12.1 Å². The smallest absolute Gasteiger partial charge is 0.299 e. The van der Waals surface area contributed by atoms with Gasteiger partial charge in [-0.25, -0.2) is 0 Å². The molecule has 5 N–H and O–H groups in total. The monoisotopic (exact) mass is 232 g/mol. The van der Waals surface area contributed by atoms with Gasteiger partial charge in [0, 0.05) is 11.9 Å². The third-order valence-corrected chi connectivity index (χ3v) is 2.49. The number of amides is 1. The van der Waals surface area contributed by atoms with Gasteiger partial charge in [-0.05, 0) is 12.1 Å². The Bertz CT molecular complexity index is 510. The molecule has 0 bridgehead atoms. The molecule has 6 heteroatoms. The summed E-state index contributed by atoms with van der Waals surface area (Å²) >= 11 is 0. The predicted octanol–water partition coefficient (Wildman–Crippen LogP) is -0.521. The van der Waals surface area contributed by atoms with Crippen molar-refractivity contribution in [3.8, 4) is 0 Å². The second-order valence-electron chi connectivity index (χ2n) is 3.62. The average molecular weight is 232 g/mol. The third kappa shape index (κ3) is 1.85. The molecule has 0 spiro atoms. The fourth-order valence-electron chi connectivity index (χ4n) is 1.74. The van der Waals surface area contributed by atoms with Crippen molar-refractivity contribution >= 4 is 17.4 Å². The van der Waals surface area contributed by atoms with Gasteiger partial charge in [0.2, 0.25) is 0 Å². The Hall–Kier alpha value is -2.34. The van der Waals surface area contributed by atoms with Crippen LogP contribution in [0.1, 0.15) is 10.4 Å². The number of nitrogens with one attached hydrogen (secondary N) is 1. The van der Waals surface area contributed by atoms with E-state index in [1.54, 1.807) is 24.3 Å². The van der Waals surface area contributed by atoms with Gasteiger partial charge in [-0.2, -0.15) is 0 Å². The zero-order chi connectivity index (χ0) is 12.4. The summed E-state index contributed by atoms with van der Waals surface area (Å²) in [5, 5.41) is 0. The first-order valence-electron chi connectivity index (χ1n) is 5.01. The van der Waals surface area contributed by atoms with Crippen LogP contribution in [0.2, 0.25) is 0 Å². The van der Waals surface area contributed by atoms with Gasteiger partial charge in [0.05, 0.1) is 17.8 Å². The van der Waals surface area contributed by atoms with E-state index in [4.69, 9.17) is 11.6 Å². The first kappa shape index (κ1) is 11.2. The summed E-state index contributed by atoms with van der Waals surface area (Å²) in [6.07, 6.45) is 1.37. The second kappa shape index (κ2) is 4.26. The molecular weight excluding hydrogens is 220 g/mol. The molecule has 1 aromatic carbocycles. The van der Waals surface area contributed by atoms with Crippen molar-refractivity contribution in [2.24, 2.45) is 11.6 Å². The Morgan fingerprint density at radius 2 is 2.06 bits per heavy atom. The predicted molar refractivity (Wildman–Crippen MR) is 62.7 cm³/mol. The number of Topliss-reactive ketones (excluding diaryl/α,β-unsaturated/α-hetero) is 1. The quantitative estimate of drug-likeness (QED) is 0.370. The van der Waals surface area contributed by atoms with Gasteiger partial charge in [0.1, 0.15) is 0 Å². The molecule has 1 heterocycles. The van der Waals surface area contributed by atoms with Crippen molar-refractivity contribution in [2.75, 3.05) is 11.4 Å². The summed E-state index contributed by atoms with van der Waals surface area (Å²) in [6, 6.07) is 6.81. The molecule has 0 saturated heterocycles. The summed E-state index contributed by atoms with van der Waals surface area (Å²) in [6.45, 7) is 0.131. The van der Waals surface area contributed by atoms with Crippen LogP contribution in [0.25, 0.3) is 0 Å². The van der Waals surface area contributed by atoms with Crippen molar-refractivity contribution in [1.82, 2.24) is 5.43 Å². The average Bonchev–Trinajstić information content (AvgIpc) is 2.56. The van der Waals surface area contributed by atoms with E-state index >= 15 is 0 Å². The van der Waals surface area contributed by atoms with Crippen molar-refractivity contribution in [1.29, 1.82) is 0 Å². The lowest BCUT2D eigenvalue weighted by Crippen LogP contribution is -2.34. The third-order valence-electron chi connectivity index (χ3n) is 2.49. The van der Waals surface area contributed by atoms with Crippen LogP contribution in [0.4, 0.5) is 5.69 Å². The number of hydrazine groups is 1. The van der Waals surface area contributed by atoms with E-state index in [2.05, 4.69) is 5.43 Å². The minimum atomic E-state index is -0.570. The SMILES string of the molecule is NN/C=C(\N)CN1C(=O)C(=O)c2ccccc21. The lowest BCUT2D eigenvalue weighted by atomic mass is 10.1. The van der Waals surface area contributed by atoms with Crippen LogP contribution in [-0.4, -0.2) is 18.2 Å². The number of anilines is 1. The number of hydrogen-bond acceptors (Lipinski definition) is 5. The summed E-state index contributed by atoms with van der Waals surface area (Å²) in [5.74, 6) is 4.01. The number of ketones is 1. The molecule has 17 heavy (non-hydrogen) atoms. The van der Waals surface area contributed by atoms with Crippen molar-refractivity contribution in [3.05, 3.63) is 41.7 Å². The van der Waals surface area contributed by atoms with Crippen molar-refractivity contribution in [3.63, 3.8) is 0 Å². The maximum absolute atomic E-state index is 11.7. The number of para-hydroxylation sites is 1. The van der Waals surface area contributed by atoms with Crippen LogP contribution >= 0.6 is 0 Å². The molecule has 1 aliphatic rings. The number of nitrogens with two attached hydrogens (primary N) is 2. The zero-order valence-electron chi connectivity index (χ0n) is 9.01. The summed E-state index contributed by atoms with van der Waals surface area (Å²) in [4.78, 5) is 24.7. The van der Waals surface area contributed by atoms with E-state index in [9.17, 15) is 9.59 Å². The molecule has 1 aliphatic heterocycles. The Kier molecular flexibility index (Phi) is 2.80. The Labute approximate surface area is 97.8 Å². The maximum atomic E-state index is 11.7. The molecule has 0 atom stereocenters. The molecule has 0 radical (unpaired) electrons. The first-order valence-corrected chi connectivity index (χ1v) is 5.01. The molecular formula is C11H12N4O2. The first-order chi connectivity index (χ1) is 8.15. The number of nitrogens with zero attached hydrogens (tertiary/aromatic N) is 1. The molecule has 1 aromatic rings. The van der Waals surface area contributed by atoms with Gasteiger partial charge in [0.25, 0.3) is 11.7 Å². The molecule has 6 nitrogen and oxygen atoms in total. The summed E-state index contributed by atoms with van der Waals surface area (Å²) < 4.78 is 0. The molecule has 1 amide bonds. The number of benzene rings is 1. The van der Waals surface area contributed by atoms with Crippen LogP contribution in [0.5, 0.6) is 0 Å². The van der Waals surface area contributed by atoms with E-state index in [1.807, 2.05) is 0 Å². The van der Waals surface area contributed by atoms with Crippen molar-refractivity contribution < 1.29 is 9.59 Å². The Balaban J connectivity index is 2.33. The zero-order valence-corrected chi connectivity index (χ0v) is 9.01. The van der Waals surface area contributed by atoms with Gasteiger partial charge in [-0.3, -0.25) is 20.3 Å². The highest BCUT2D eigenvalue weighted by molar-refractivity contribution is 6.52. The van der Waals surface area contributed by atoms with Crippen LogP contribution in [-0.2, 0) is 4.79 Å². The molecule has 2 rings (SSSR count). The minimum Gasteiger partial charge on any atom is -0.399 e. The largest absolute Gasteiger partial charge is 0.399 e. The van der Waals surface area contributed by atoms with E-state index in [0.29, 0.717) is 16.9 Å². The second-order valence-corrected chi connectivity index (χ2v) is 3.62. The van der Waals surface area contributed by atoms with Gasteiger partial charge >= 0.3 is 0 Å². The van der Waals surface area contributed by atoms with Gasteiger partial charge < -0.3 is 11.2 Å². The van der Waals surface area contributed by atoms with E-state index in [1.165, 1.54) is 11.1 Å². The normalized spacial score (nSPS) is 15.1. The number of rotatable bonds is 3. The lowest BCUT2D eigenvalue weighted by Gasteiger charge is -2.16.